The summed E-state index contributed by atoms with van der Waals surface area (Å²) in [6.07, 6.45) is 1.64. The molecule has 0 aliphatic heterocycles. The van der Waals surface area contributed by atoms with Gasteiger partial charge in [-0.15, -0.1) is 5.10 Å². The van der Waals surface area contributed by atoms with Crippen molar-refractivity contribution < 1.29 is 4.42 Å². The predicted molar refractivity (Wildman–Crippen MR) is 148 cm³/mol. The van der Waals surface area contributed by atoms with Gasteiger partial charge in [-0.1, -0.05) is 29.8 Å². The third kappa shape index (κ3) is 5.14. The number of nitrogens with one attached hydrogen (secondary N) is 1. The zero-order chi connectivity index (χ0) is 27.0. The van der Waals surface area contributed by atoms with Crippen molar-refractivity contribution in [1.29, 1.82) is 0 Å². The van der Waals surface area contributed by atoms with Crippen LogP contribution in [-0.4, -0.2) is 30.1 Å². The molecule has 0 fully saturated rings. The molecule has 0 saturated heterocycles. The number of fused-ring (bicyclic) bond motifs is 1. The number of aryl methyl sites for hydroxylation is 2. The molecule has 5 aromatic rings. The molecule has 1 atom stereocenters. The molecule has 0 unspecified atom stereocenters. The molecule has 38 heavy (non-hydrogen) atoms. The molecule has 1 N–H and O–H groups in total. The van der Waals surface area contributed by atoms with E-state index >= 15 is 0 Å². The second-order valence-corrected chi connectivity index (χ2v) is 11.1. The van der Waals surface area contributed by atoms with Gasteiger partial charge >= 0.3 is 0 Å². The van der Waals surface area contributed by atoms with Gasteiger partial charge in [-0.25, -0.2) is 4.68 Å². The number of benzene rings is 2. The van der Waals surface area contributed by atoms with E-state index in [1.165, 1.54) is 0 Å². The Balaban J connectivity index is 1.75. The maximum Gasteiger partial charge on any atom is 0.253 e. The second-order valence-electron chi connectivity index (χ2n) is 10.7. The maximum absolute atomic E-state index is 13.7. The number of H-pyrrole nitrogens is 1. The fourth-order valence-electron chi connectivity index (χ4n) is 4.72. The van der Waals surface area contributed by atoms with Crippen molar-refractivity contribution in [2.24, 2.45) is 0 Å². The average molecular weight is 531 g/mol. The highest BCUT2D eigenvalue weighted by Crippen LogP contribution is 2.33. The number of hydrogen-bond donors (Lipinski definition) is 1. The van der Waals surface area contributed by atoms with Crippen LogP contribution in [0.4, 0.5) is 0 Å². The van der Waals surface area contributed by atoms with E-state index in [-0.39, 0.29) is 5.56 Å². The van der Waals surface area contributed by atoms with E-state index in [0.29, 0.717) is 29.5 Å². The zero-order valence-electron chi connectivity index (χ0n) is 22.2. The lowest BCUT2D eigenvalue weighted by Gasteiger charge is -2.32. The van der Waals surface area contributed by atoms with Crippen LogP contribution in [0.1, 0.15) is 60.7 Å². The van der Waals surface area contributed by atoms with Crippen LogP contribution in [-0.2, 0) is 18.6 Å². The van der Waals surface area contributed by atoms with Gasteiger partial charge < -0.3 is 9.40 Å². The minimum Gasteiger partial charge on any atom is -0.468 e. The van der Waals surface area contributed by atoms with Gasteiger partial charge in [0.05, 0.1) is 18.3 Å². The van der Waals surface area contributed by atoms with Gasteiger partial charge in [0.15, 0.2) is 5.82 Å². The molecule has 0 aliphatic rings. The van der Waals surface area contributed by atoms with Crippen molar-refractivity contribution in [3.05, 3.63) is 110 Å². The summed E-state index contributed by atoms with van der Waals surface area (Å²) < 4.78 is 7.52. The van der Waals surface area contributed by atoms with E-state index in [4.69, 9.17) is 16.0 Å². The second kappa shape index (κ2) is 10.2. The fourth-order valence-corrected chi connectivity index (χ4v) is 4.92. The normalized spacial score (nSPS) is 12.9. The van der Waals surface area contributed by atoms with Crippen LogP contribution in [0.2, 0.25) is 5.02 Å². The Morgan fingerprint density at radius 3 is 2.53 bits per heavy atom. The van der Waals surface area contributed by atoms with Crippen molar-refractivity contribution in [1.82, 2.24) is 30.1 Å². The number of nitrogens with zero attached hydrogens (tertiary/aromatic N) is 5. The first-order valence-electron chi connectivity index (χ1n) is 12.5. The summed E-state index contributed by atoms with van der Waals surface area (Å²) in [4.78, 5) is 19.0. The Labute approximate surface area is 226 Å². The first kappa shape index (κ1) is 25.9. The van der Waals surface area contributed by atoms with Crippen molar-refractivity contribution in [3.63, 3.8) is 0 Å². The Bertz CT molecular complexity index is 1630. The van der Waals surface area contributed by atoms with Crippen molar-refractivity contribution >= 4 is 22.5 Å². The molecular weight excluding hydrogens is 500 g/mol. The molecule has 0 saturated carbocycles. The molecule has 9 heteroatoms. The number of aromatic nitrogens is 5. The van der Waals surface area contributed by atoms with Crippen LogP contribution < -0.4 is 5.56 Å². The number of furan rings is 1. The summed E-state index contributed by atoms with van der Waals surface area (Å²) >= 11 is 6.61. The van der Waals surface area contributed by atoms with Crippen LogP contribution in [0.5, 0.6) is 0 Å². The number of hydrogen-bond acceptors (Lipinski definition) is 6. The van der Waals surface area contributed by atoms with Gasteiger partial charge in [-0.2, -0.15) is 0 Å². The number of aromatic amines is 1. The fraction of sp³-hybridized carbons (Fsp3) is 0.310. The van der Waals surface area contributed by atoms with Crippen molar-refractivity contribution in [3.8, 4) is 0 Å². The number of tetrazole rings is 1. The lowest BCUT2D eigenvalue weighted by molar-refractivity contribution is 0.171. The van der Waals surface area contributed by atoms with Crippen LogP contribution >= 0.6 is 11.6 Å². The van der Waals surface area contributed by atoms with E-state index in [1.54, 1.807) is 10.9 Å². The van der Waals surface area contributed by atoms with Gasteiger partial charge in [0, 0.05) is 22.6 Å². The number of pyridine rings is 1. The predicted octanol–water partition coefficient (Wildman–Crippen LogP) is 5.92. The molecule has 0 bridgehead atoms. The van der Waals surface area contributed by atoms with Gasteiger partial charge in [-0.05, 0) is 104 Å². The minimum absolute atomic E-state index is 0.196. The van der Waals surface area contributed by atoms with Gasteiger partial charge in [-0.3, -0.25) is 9.69 Å². The largest absolute Gasteiger partial charge is 0.468 e. The number of halogens is 1. The van der Waals surface area contributed by atoms with Crippen molar-refractivity contribution in [2.75, 3.05) is 0 Å². The summed E-state index contributed by atoms with van der Waals surface area (Å²) in [6, 6.07) is 16.9. The van der Waals surface area contributed by atoms with E-state index in [2.05, 4.69) is 38.4 Å². The SMILES string of the molecule is Cc1cc2cc([C@@H](c3nnnn3C(C)(C)C)N(Cc3ccco3)Cc3ccccc3Cl)c(=O)[nH]c2cc1C. The average Bonchev–Trinajstić information content (AvgIpc) is 3.55. The molecule has 3 heterocycles. The van der Waals surface area contributed by atoms with E-state index < -0.39 is 11.6 Å². The summed E-state index contributed by atoms with van der Waals surface area (Å²) in [5.41, 5.74) is 3.90. The van der Waals surface area contributed by atoms with Gasteiger partial charge in [0.1, 0.15) is 11.8 Å². The molecule has 2 aromatic carbocycles. The van der Waals surface area contributed by atoms with Crippen molar-refractivity contribution in [2.45, 2.75) is 59.3 Å². The summed E-state index contributed by atoms with van der Waals surface area (Å²) in [6.45, 7) is 11.0. The maximum atomic E-state index is 13.7. The lowest BCUT2D eigenvalue weighted by atomic mass is 9.99. The summed E-state index contributed by atoms with van der Waals surface area (Å²) in [5, 5.41) is 14.4. The van der Waals surface area contributed by atoms with Crippen LogP contribution in [0.3, 0.4) is 0 Å². The molecule has 0 radical (unpaired) electrons. The first-order valence-corrected chi connectivity index (χ1v) is 12.9. The molecule has 196 valence electrons. The molecule has 5 rings (SSSR count). The molecular formula is C29H31ClN6O2. The first-order chi connectivity index (χ1) is 18.1. The Morgan fingerprint density at radius 1 is 1.05 bits per heavy atom. The summed E-state index contributed by atoms with van der Waals surface area (Å²) in [7, 11) is 0. The zero-order valence-corrected chi connectivity index (χ0v) is 23.0. The smallest absolute Gasteiger partial charge is 0.253 e. The van der Waals surface area contributed by atoms with E-state index in [1.807, 2.05) is 76.2 Å². The third-order valence-electron chi connectivity index (χ3n) is 6.79. The standard InChI is InChI=1S/C29H31ClN6O2/c1-18-13-21-15-23(28(37)31-25(21)14-19(18)2)26(27-32-33-34-36(27)29(3,4)5)35(17-22-10-8-12-38-22)16-20-9-6-7-11-24(20)30/h6-15,26H,16-17H2,1-5H3,(H,31,37)/t26-/m0/s1. The Kier molecular flexibility index (Phi) is 6.94. The Hall–Kier alpha value is -3.75. The highest BCUT2D eigenvalue weighted by molar-refractivity contribution is 6.31. The highest BCUT2D eigenvalue weighted by Gasteiger charge is 2.34. The van der Waals surface area contributed by atoms with E-state index in [0.717, 1.165) is 33.4 Å². The van der Waals surface area contributed by atoms with Crippen LogP contribution in [0.15, 0.2) is 70.1 Å². The number of rotatable bonds is 7. The minimum atomic E-state index is -0.597. The van der Waals surface area contributed by atoms with Gasteiger partial charge in [0.25, 0.3) is 5.56 Å². The molecule has 3 aromatic heterocycles. The lowest BCUT2D eigenvalue weighted by Crippen LogP contribution is -2.37. The highest BCUT2D eigenvalue weighted by atomic mass is 35.5. The molecule has 8 nitrogen and oxygen atoms in total. The Morgan fingerprint density at radius 2 is 1.82 bits per heavy atom. The molecule has 0 amide bonds. The quantitative estimate of drug-likeness (QED) is 0.280. The molecule has 0 spiro atoms. The van der Waals surface area contributed by atoms with E-state index in [9.17, 15) is 4.79 Å². The summed E-state index contributed by atoms with van der Waals surface area (Å²) in [5.74, 6) is 1.31. The van der Waals surface area contributed by atoms with Crippen LogP contribution in [0.25, 0.3) is 10.9 Å². The van der Waals surface area contributed by atoms with Crippen LogP contribution in [0, 0.1) is 13.8 Å². The van der Waals surface area contributed by atoms with Gasteiger partial charge in [0.2, 0.25) is 0 Å². The third-order valence-corrected chi connectivity index (χ3v) is 7.16. The topological polar surface area (TPSA) is 92.8 Å². The monoisotopic (exact) mass is 530 g/mol. The molecule has 0 aliphatic carbocycles.